The van der Waals surface area contributed by atoms with Crippen LogP contribution < -0.4 is 5.01 Å². The topological polar surface area (TPSA) is 69.0 Å². The lowest BCUT2D eigenvalue weighted by molar-refractivity contribution is -0.0269. The van der Waals surface area contributed by atoms with Crippen molar-refractivity contribution >= 4 is 17.8 Å². The Hall–Kier alpha value is -3.58. The van der Waals surface area contributed by atoms with Gasteiger partial charge in [0.05, 0.1) is 22.9 Å². The molecule has 0 radical (unpaired) electrons. The number of piperidine rings is 1. The van der Waals surface area contributed by atoms with Gasteiger partial charge in [-0.05, 0) is 54.7 Å². The van der Waals surface area contributed by atoms with Gasteiger partial charge in [-0.1, -0.05) is 42.5 Å². The zero-order valence-electron chi connectivity index (χ0n) is 18.8. The maximum absolute atomic E-state index is 13.1. The molecule has 3 aromatic rings. The van der Waals surface area contributed by atoms with E-state index in [1.54, 1.807) is 4.90 Å². The molecule has 0 aliphatic carbocycles. The van der Waals surface area contributed by atoms with E-state index in [-0.39, 0.29) is 11.9 Å². The molecular weight excluding hydrogens is 431 g/mol. The highest BCUT2D eigenvalue weighted by Crippen LogP contribution is 2.34. The summed E-state index contributed by atoms with van der Waals surface area (Å²) in [5, 5.41) is 17.9. The van der Waals surface area contributed by atoms with Crippen LogP contribution in [-0.2, 0) is 0 Å². The molecule has 7 heteroatoms. The minimum atomic E-state index is -0.863. The highest BCUT2D eigenvalue weighted by Gasteiger charge is 2.38. The summed E-state index contributed by atoms with van der Waals surface area (Å²) in [4.78, 5) is 18.0. The number of aromatic nitrogens is 1. The second-order valence-electron chi connectivity index (χ2n) is 9.04. The fraction of sp³-hybridized carbons (Fsp3) is 0.296. The molecule has 1 unspecified atom stereocenters. The Labute approximate surface area is 198 Å². The van der Waals surface area contributed by atoms with E-state index in [9.17, 15) is 14.3 Å². The average Bonchev–Trinajstić information content (AvgIpc) is 3.32. The third kappa shape index (κ3) is 4.70. The zero-order chi connectivity index (χ0) is 23.5. The van der Waals surface area contributed by atoms with Crippen molar-refractivity contribution in [2.45, 2.75) is 37.3 Å². The summed E-state index contributed by atoms with van der Waals surface area (Å²) in [7, 11) is 0. The summed E-state index contributed by atoms with van der Waals surface area (Å²) in [5.41, 5.74) is 2.82. The number of carbonyl (C=O) groups excluding carboxylic acids is 1. The van der Waals surface area contributed by atoms with Gasteiger partial charge in [0.2, 0.25) is 5.95 Å². The number of rotatable bonds is 5. The van der Waals surface area contributed by atoms with E-state index < -0.39 is 11.5 Å². The molecule has 0 spiro atoms. The molecule has 5 rings (SSSR count). The van der Waals surface area contributed by atoms with E-state index in [4.69, 9.17) is 0 Å². The number of aliphatic hydroxyl groups is 1. The number of carbonyl (C=O) groups is 1. The largest absolute Gasteiger partial charge is 0.390 e. The third-order valence-corrected chi connectivity index (χ3v) is 6.74. The first-order valence-electron chi connectivity index (χ1n) is 11.6. The van der Waals surface area contributed by atoms with Gasteiger partial charge in [0.15, 0.2) is 0 Å². The van der Waals surface area contributed by atoms with Gasteiger partial charge in [-0.25, -0.2) is 4.98 Å². The molecular formula is C27H27FN4O2. The molecule has 1 atom stereocenters. The summed E-state index contributed by atoms with van der Waals surface area (Å²) in [5.74, 6) is -0.790. The van der Waals surface area contributed by atoms with Gasteiger partial charge in [-0.3, -0.25) is 9.80 Å². The number of hydrogen-bond acceptors (Lipinski definition) is 5. The van der Waals surface area contributed by atoms with Gasteiger partial charge in [0, 0.05) is 31.9 Å². The SMILES string of the molecule is O=C(c1ccc(F)nc1)N1CCC(O)(CC2CC=NN2c2ccc(-c3ccccc3)cc2)CC1. The number of pyridine rings is 1. The van der Waals surface area contributed by atoms with Crippen LogP contribution in [0, 0.1) is 5.95 Å². The molecule has 1 saturated heterocycles. The maximum Gasteiger partial charge on any atom is 0.255 e. The summed E-state index contributed by atoms with van der Waals surface area (Å²) >= 11 is 0. The standard InChI is InChI=1S/C27H27FN4O2/c28-25-11-8-22(19-29-25)26(33)31-16-13-27(34,14-17-31)18-24-12-15-30-32(24)23-9-6-21(7-10-23)20-4-2-1-3-5-20/h1-11,15,19,24,34H,12-14,16-18H2. The molecule has 0 saturated carbocycles. The van der Waals surface area contributed by atoms with Gasteiger partial charge in [0.25, 0.3) is 5.91 Å². The van der Waals surface area contributed by atoms with Crippen molar-refractivity contribution in [2.24, 2.45) is 5.10 Å². The van der Waals surface area contributed by atoms with Crippen LogP contribution >= 0.6 is 0 Å². The maximum atomic E-state index is 13.1. The fourth-order valence-electron chi connectivity index (χ4n) is 4.79. The van der Waals surface area contributed by atoms with E-state index in [1.165, 1.54) is 23.9 Å². The Kier molecular flexibility index (Phi) is 6.11. The van der Waals surface area contributed by atoms with Crippen LogP contribution in [0.3, 0.4) is 0 Å². The quantitative estimate of drug-likeness (QED) is 0.571. The van der Waals surface area contributed by atoms with Crippen LogP contribution in [0.25, 0.3) is 11.1 Å². The highest BCUT2D eigenvalue weighted by molar-refractivity contribution is 5.94. The minimum Gasteiger partial charge on any atom is -0.390 e. The van der Waals surface area contributed by atoms with Crippen LogP contribution in [0.2, 0.25) is 0 Å². The highest BCUT2D eigenvalue weighted by atomic mass is 19.1. The Morgan fingerprint density at radius 3 is 2.38 bits per heavy atom. The van der Waals surface area contributed by atoms with Crippen LogP contribution in [0.15, 0.2) is 78.0 Å². The van der Waals surface area contributed by atoms with E-state index in [2.05, 4.69) is 46.5 Å². The molecule has 1 aromatic heterocycles. The molecule has 0 bridgehead atoms. The third-order valence-electron chi connectivity index (χ3n) is 6.74. The summed E-state index contributed by atoms with van der Waals surface area (Å²) < 4.78 is 13.1. The van der Waals surface area contributed by atoms with Gasteiger partial charge in [-0.2, -0.15) is 9.49 Å². The molecule has 2 aliphatic heterocycles. The van der Waals surface area contributed by atoms with Crippen LogP contribution in [0.4, 0.5) is 10.1 Å². The summed E-state index contributed by atoms with van der Waals surface area (Å²) in [6.07, 6.45) is 5.49. The Morgan fingerprint density at radius 1 is 1.00 bits per heavy atom. The monoisotopic (exact) mass is 458 g/mol. The van der Waals surface area contributed by atoms with Gasteiger partial charge in [0.1, 0.15) is 0 Å². The first kappa shape index (κ1) is 22.2. The second-order valence-corrected chi connectivity index (χ2v) is 9.04. The number of anilines is 1. The van der Waals surface area contributed by atoms with E-state index in [1.807, 2.05) is 29.4 Å². The van der Waals surface area contributed by atoms with Crippen molar-refractivity contribution in [2.75, 3.05) is 18.1 Å². The Morgan fingerprint density at radius 2 is 1.71 bits per heavy atom. The lowest BCUT2D eigenvalue weighted by atomic mass is 9.84. The van der Waals surface area contributed by atoms with Gasteiger partial charge < -0.3 is 10.0 Å². The Balaban J connectivity index is 1.21. The van der Waals surface area contributed by atoms with Gasteiger partial charge >= 0.3 is 0 Å². The number of hydrogen-bond donors (Lipinski definition) is 1. The second kappa shape index (κ2) is 9.35. The molecule has 1 fully saturated rings. The van der Waals surface area contributed by atoms with Crippen molar-refractivity contribution in [3.8, 4) is 11.1 Å². The normalized spacial score (nSPS) is 19.4. The molecule has 174 valence electrons. The molecule has 34 heavy (non-hydrogen) atoms. The number of benzene rings is 2. The van der Waals surface area contributed by atoms with Crippen molar-refractivity contribution in [1.82, 2.24) is 9.88 Å². The van der Waals surface area contributed by atoms with E-state index in [0.29, 0.717) is 37.9 Å². The summed E-state index contributed by atoms with van der Waals surface area (Å²) in [6, 6.07) is 21.3. The molecule has 1 amide bonds. The van der Waals surface area contributed by atoms with Crippen LogP contribution in [0.5, 0.6) is 0 Å². The fourth-order valence-corrected chi connectivity index (χ4v) is 4.79. The molecule has 6 nitrogen and oxygen atoms in total. The number of likely N-dealkylation sites (tertiary alicyclic amines) is 1. The predicted molar refractivity (Wildman–Crippen MR) is 130 cm³/mol. The number of hydrazone groups is 1. The first-order valence-corrected chi connectivity index (χ1v) is 11.6. The minimum absolute atomic E-state index is 0.0659. The average molecular weight is 459 g/mol. The van der Waals surface area contributed by atoms with E-state index >= 15 is 0 Å². The first-order chi connectivity index (χ1) is 16.5. The van der Waals surface area contributed by atoms with Crippen molar-refractivity contribution in [1.29, 1.82) is 0 Å². The lowest BCUT2D eigenvalue weighted by Gasteiger charge is -2.40. The molecule has 2 aliphatic rings. The van der Waals surface area contributed by atoms with Crippen molar-refractivity contribution < 1.29 is 14.3 Å². The smallest absolute Gasteiger partial charge is 0.255 e. The molecule has 2 aromatic carbocycles. The van der Waals surface area contributed by atoms with Crippen LogP contribution in [0.1, 0.15) is 36.0 Å². The lowest BCUT2D eigenvalue weighted by Crippen LogP contribution is -2.49. The summed E-state index contributed by atoms with van der Waals surface area (Å²) in [6.45, 7) is 0.901. The molecule has 3 heterocycles. The number of halogens is 1. The predicted octanol–water partition coefficient (Wildman–Crippen LogP) is 4.51. The zero-order valence-corrected chi connectivity index (χ0v) is 18.8. The number of nitrogens with zero attached hydrogens (tertiary/aromatic N) is 4. The van der Waals surface area contributed by atoms with Crippen molar-refractivity contribution in [3.05, 3.63) is 84.4 Å². The molecule has 1 N–H and O–H groups in total. The van der Waals surface area contributed by atoms with Crippen molar-refractivity contribution in [3.63, 3.8) is 0 Å². The Bertz CT molecular complexity index is 1160. The van der Waals surface area contributed by atoms with Crippen LogP contribution in [-0.4, -0.2) is 51.8 Å². The van der Waals surface area contributed by atoms with E-state index in [0.717, 1.165) is 17.7 Å². The van der Waals surface area contributed by atoms with Gasteiger partial charge in [-0.15, -0.1) is 0 Å². The number of amides is 1.